The fourth-order valence-corrected chi connectivity index (χ4v) is 2.41. The summed E-state index contributed by atoms with van der Waals surface area (Å²) in [6.45, 7) is 2.00. The van der Waals surface area contributed by atoms with Crippen molar-refractivity contribution < 1.29 is 20.1 Å². The molecule has 0 amide bonds. The van der Waals surface area contributed by atoms with E-state index in [1.165, 1.54) is 0 Å². The van der Waals surface area contributed by atoms with E-state index < -0.39 is 0 Å². The van der Waals surface area contributed by atoms with Gasteiger partial charge in [0.25, 0.3) is 0 Å². The quantitative estimate of drug-likeness (QED) is 0.641. The maximum atomic E-state index is 9.12. The average Bonchev–Trinajstić information content (AvgIpc) is 2.62. The first-order valence-electron chi connectivity index (χ1n) is 6.92. The largest absolute Gasteiger partial charge is 0.508 e. The van der Waals surface area contributed by atoms with E-state index in [4.69, 9.17) is 20.1 Å². The molecule has 5 heteroatoms. The standard InChI is InChI=1S/C12H10O2S.C6H6O.CH2O/c13-9-1-5-11(6-2-9)15-12-7-3-10(14)4-8-12;7-6-4-2-1-3-5-6;1-2/h1-8,13-14H;1-5,7H;1H2. The molecule has 0 heterocycles. The van der Waals surface area contributed by atoms with Gasteiger partial charge in [-0.25, -0.2) is 0 Å². The second-order valence-corrected chi connectivity index (χ2v) is 5.57. The van der Waals surface area contributed by atoms with Crippen molar-refractivity contribution in [1.29, 1.82) is 0 Å². The van der Waals surface area contributed by atoms with Crippen molar-refractivity contribution in [2.24, 2.45) is 0 Å². The second-order valence-electron chi connectivity index (χ2n) is 4.43. The molecule has 0 spiro atoms. The molecule has 3 N–H and O–H groups in total. The number of hydrogen-bond acceptors (Lipinski definition) is 5. The van der Waals surface area contributed by atoms with Crippen LogP contribution in [0.25, 0.3) is 0 Å². The van der Waals surface area contributed by atoms with Gasteiger partial charge in [0.15, 0.2) is 0 Å². The molecule has 0 atom stereocenters. The maximum Gasteiger partial charge on any atom is 0.115 e. The molecule has 0 saturated heterocycles. The van der Waals surface area contributed by atoms with E-state index in [9.17, 15) is 0 Å². The smallest absolute Gasteiger partial charge is 0.115 e. The number of phenolic OH excluding ortho intramolecular Hbond substituents is 3. The van der Waals surface area contributed by atoms with Crippen molar-refractivity contribution in [2.75, 3.05) is 0 Å². The van der Waals surface area contributed by atoms with Gasteiger partial charge in [-0.2, -0.15) is 0 Å². The van der Waals surface area contributed by atoms with Crippen LogP contribution in [-0.2, 0) is 4.79 Å². The average molecular weight is 342 g/mol. The van der Waals surface area contributed by atoms with Crippen LogP contribution in [0.4, 0.5) is 0 Å². The summed E-state index contributed by atoms with van der Waals surface area (Å²) in [7, 11) is 0. The first kappa shape index (κ1) is 19.1. The van der Waals surface area contributed by atoms with Crippen LogP contribution in [0.3, 0.4) is 0 Å². The first-order chi connectivity index (χ1) is 11.6. The van der Waals surface area contributed by atoms with Crippen LogP contribution in [0.2, 0.25) is 0 Å². The Morgan fingerprint density at radius 2 is 0.875 bits per heavy atom. The number of aromatic hydroxyl groups is 3. The molecular weight excluding hydrogens is 324 g/mol. The molecule has 0 bridgehead atoms. The minimum Gasteiger partial charge on any atom is -0.508 e. The Morgan fingerprint density at radius 3 is 1.17 bits per heavy atom. The minimum absolute atomic E-state index is 0.269. The van der Waals surface area contributed by atoms with Crippen molar-refractivity contribution in [3.05, 3.63) is 78.9 Å². The van der Waals surface area contributed by atoms with Gasteiger partial charge in [0.1, 0.15) is 24.0 Å². The van der Waals surface area contributed by atoms with Gasteiger partial charge in [-0.1, -0.05) is 30.0 Å². The van der Waals surface area contributed by atoms with Crippen molar-refractivity contribution >= 4 is 18.6 Å². The van der Waals surface area contributed by atoms with E-state index in [2.05, 4.69) is 0 Å². The summed E-state index contributed by atoms with van der Waals surface area (Å²) in [6.07, 6.45) is 0. The zero-order valence-corrected chi connectivity index (χ0v) is 13.7. The van der Waals surface area contributed by atoms with Crippen LogP contribution in [-0.4, -0.2) is 22.1 Å². The number of hydrogen-bond donors (Lipinski definition) is 3. The fourth-order valence-electron chi connectivity index (χ4n) is 1.59. The minimum atomic E-state index is 0.269. The zero-order chi connectivity index (χ0) is 17.8. The molecule has 0 saturated carbocycles. The molecule has 3 aromatic carbocycles. The molecule has 0 fully saturated rings. The molecule has 4 nitrogen and oxygen atoms in total. The van der Waals surface area contributed by atoms with Crippen LogP contribution in [0, 0.1) is 0 Å². The van der Waals surface area contributed by atoms with Gasteiger partial charge in [-0.15, -0.1) is 0 Å². The zero-order valence-electron chi connectivity index (χ0n) is 12.9. The molecule has 0 aliphatic heterocycles. The van der Waals surface area contributed by atoms with E-state index in [-0.39, 0.29) is 11.5 Å². The molecule has 24 heavy (non-hydrogen) atoms. The van der Waals surface area contributed by atoms with Crippen LogP contribution >= 0.6 is 11.8 Å². The number of carbonyl (C=O) groups is 1. The number of benzene rings is 3. The van der Waals surface area contributed by atoms with Crippen molar-refractivity contribution in [3.63, 3.8) is 0 Å². The highest BCUT2D eigenvalue weighted by molar-refractivity contribution is 7.99. The summed E-state index contributed by atoms with van der Waals surface area (Å²) < 4.78 is 0. The lowest BCUT2D eigenvalue weighted by molar-refractivity contribution is -0.0979. The topological polar surface area (TPSA) is 77.8 Å². The summed E-state index contributed by atoms with van der Waals surface area (Å²) >= 11 is 1.58. The SMILES string of the molecule is C=O.Oc1ccc(Sc2ccc(O)cc2)cc1.Oc1ccccc1. The number of phenols is 3. The Morgan fingerprint density at radius 1 is 0.542 bits per heavy atom. The highest BCUT2D eigenvalue weighted by Gasteiger charge is 1.97. The lowest BCUT2D eigenvalue weighted by Gasteiger charge is -2.01. The molecular formula is C19H18O4S. The Labute approximate surface area is 145 Å². The molecule has 3 rings (SSSR count). The molecule has 0 unspecified atom stereocenters. The van der Waals surface area contributed by atoms with Gasteiger partial charge >= 0.3 is 0 Å². The summed E-state index contributed by atoms with van der Waals surface area (Å²) in [5, 5.41) is 26.9. The van der Waals surface area contributed by atoms with E-state index in [1.807, 2.05) is 37.1 Å². The number of rotatable bonds is 2. The summed E-state index contributed by atoms with van der Waals surface area (Å²) in [5.74, 6) is 0.859. The van der Waals surface area contributed by atoms with Gasteiger partial charge in [-0.3, -0.25) is 0 Å². The Kier molecular flexibility index (Phi) is 8.57. The van der Waals surface area contributed by atoms with Crippen LogP contribution in [0.1, 0.15) is 0 Å². The van der Waals surface area contributed by atoms with Gasteiger partial charge in [-0.05, 0) is 60.7 Å². The van der Waals surface area contributed by atoms with Gasteiger partial charge < -0.3 is 20.1 Å². The van der Waals surface area contributed by atoms with Crippen LogP contribution in [0.5, 0.6) is 17.2 Å². The monoisotopic (exact) mass is 342 g/mol. The predicted octanol–water partition coefficient (Wildman–Crippen LogP) is 4.46. The third-order valence-corrected chi connectivity index (χ3v) is 3.68. The normalized spacial score (nSPS) is 9.00. The highest BCUT2D eigenvalue weighted by atomic mass is 32.2. The summed E-state index contributed by atoms with van der Waals surface area (Å²) in [6, 6.07) is 22.8. The number of para-hydroxylation sites is 1. The van der Waals surface area contributed by atoms with Crippen molar-refractivity contribution in [1.82, 2.24) is 0 Å². The van der Waals surface area contributed by atoms with Crippen molar-refractivity contribution in [2.45, 2.75) is 9.79 Å². The van der Waals surface area contributed by atoms with Crippen molar-refractivity contribution in [3.8, 4) is 17.2 Å². The van der Waals surface area contributed by atoms with E-state index in [0.29, 0.717) is 5.75 Å². The van der Waals surface area contributed by atoms with Gasteiger partial charge in [0, 0.05) is 9.79 Å². The number of carbonyl (C=O) groups excluding carboxylic acids is 1. The first-order valence-corrected chi connectivity index (χ1v) is 7.74. The lowest BCUT2D eigenvalue weighted by atomic mass is 10.3. The van der Waals surface area contributed by atoms with E-state index in [0.717, 1.165) is 9.79 Å². The Hall–Kier alpha value is -2.92. The Balaban J connectivity index is 0.000000268. The molecule has 0 radical (unpaired) electrons. The molecule has 124 valence electrons. The summed E-state index contributed by atoms with van der Waals surface area (Å²) in [5.41, 5.74) is 0. The second kappa shape index (κ2) is 10.7. The fraction of sp³-hybridized carbons (Fsp3) is 0. The van der Waals surface area contributed by atoms with Gasteiger partial charge in [0.2, 0.25) is 0 Å². The third kappa shape index (κ3) is 7.38. The molecule has 0 aliphatic rings. The van der Waals surface area contributed by atoms with E-state index >= 15 is 0 Å². The lowest BCUT2D eigenvalue weighted by Crippen LogP contribution is -1.73. The molecule has 0 aliphatic carbocycles. The highest BCUT2D eigenvalue weighted by Crippen LogP contribution is 2.29. The third-order valence-electron chi connectivity index (χ3n) is 2.67. The maximum absolute atomic E-state index is 9.12. The molecule has 3 aromatic rings. The van der Waals surface area contributed by atoms with Crippen LogP contribution in [0.15, 0.2) is 88.7 Å². The van der Waals surface area contributed by atoms with Gasteiger partial charge in [0.05, 0.1) is 0 Å². The molecule has 0 aromatic heterocycles. The Bertz CT molecular complexity index is 654. The van der Waals surface area contributed by atoms with E-state index in [1.54, 1.807) is 60.3 Å². The predicted molar refractivity (Wildman–Crippen MR) is 95.6 cm³/mol. The summed E-state index contributed by atoms with van der Waals surface area (Å²) in [4.78, 5) is 10.1. The van der Waals surface area contributed by atoms with Crippen LogP contribution < -0.4 is 0 Å².